The van der Waals surface area contributed by atoms with Crippen LogP contribution in [0.4, 0.5) is 0 Å². The molecule has 0 aromatic carbocycles. The van der Waals surface area contributed by atoms with Crippen LogP contribution in [-0.2, 0) is 14.3 Å². The van der Waals surface area contributed by atoms with E-state index in [9.17, 15) is 30.3 Å². The van der Waals surface area contributed by atoms with Gasteiger partial charge in [-0.1, -0.05) is 203 Å². The fraction of sp³-hybridized carbons (Fsp3) is 0.788. The van der Waals surface area contributed by atoms with E-state index in [-0.39, 0.29) is 12.5 Å². The molecule has 0 aromatic rings. The molecule has 1 aliphatic rings. The van der Waals surface area contributed by atoms with Gasteiger partial charge >= 0.3 is 0 Å². The number of hydrogen-bond acceptors (Lipinski definition) is 8. The van der Waals surface area contributed by atoms with Crippen molar-refractivity contribution in [3.05, 3.63) is 60.8 Å². The zero-order valence-corrected chi connectivity index (χ0v) is 38.9. The van der Waals surface area contributed by atoms with Crippen molar-refractivity contribution in [1.29, 1.82) is 0 Å². The third-order valence-electron chi connectivity index (χ3n) is 11.6. The van der Waals surface area contributed by atoms with Gasteiger partial charge in [0.15, 0.2) is 6.29 Å². The lowest BCUT2D eigenvalue weighted by Crippen LogP contribution is -2.60. The van der Waals surface area contributed by atoms with E-state index in [1.165, 1.54) is 89.9 Å². The molecule has 1 amide bonds. The van der Waals surface area contributed by atoms with Gasteiger partial charge < -0.3 is 40.3 Å². The van der Waals surface area contributed by atoms with Crippen LogP contribution in [0.1, 0.15) is 206 Å². The van der Waals surface area contributed by atoms with Crippen LogP contribution in [0.5, 0.6) is 0 Å². The van der Waals surface area contributed by atoms with Gasteiger partial charge in [-0.25, -0.2) is 0 Å². The van der Waals surface area contributed by atoms with E-state index in [0.29, 0.717) is 12.8 Å². The molecule has 7 atom stereocenters. The molecule has 1 fully saturated rings. The number of rotatable bonds is 41. The lowest BCUT2D eigenvalue weighted by atomic mass is 9.99. The molecular formula is C52H93NO8. The van der Waals surface area contributed by atoms with Gasteiger partial charge in [-0.3, -0.25) is 4.79 Å². The molecule has 1 heterocycles. The Bertz CT molecular complexity index is 1140. The summed E-state index contributed by atoms with van der Waals surface area (Å²) in [6, 6.07) is -0.732. The molecule has 7 unspecified atom stereocenters. The quantitative estimate of drug-likeness (QED) is 0.0263. The summed E-state index contributed by atoms with van der Waals surface area (Å²) in [4.78, 5) is 13.0. The van der Waals surface area contributed by atoms with E-state index < -0.39 is 49.5 Å². The average molecular weight is 860 g/mol. The largest absolute Gasteiger partial charge is 0.394 e. The van der Waals surface area contributed by atoms with E-state index in [1.807, 2.05) is 0 Å². The number of carbonyl (C=O) groups is 1. The Morgan fingerprint density at radius 1 is 0.574 bits per heavy atom. The Morgan fingerprint density at radius 2 is 1.02 bits per heavy atom. The number of hydrogen-bond donors (Lipinski definition) is 6. The number of aliphatic hydroxyl groups excluding tert-OH is 5. The maximum absolute atomic E-state index is 13.0. The van der Waals surface area contributed by atoms with E-state index in [0.717, 1.165) is 89.9 Å². The molecule has 9 nitrogen and oxygen atoms in total. The second-order valence-electron chi connectivity index (χ2n) is 17.2. The highest BCUT2D eigenvalue weighted by Crippen LogP contribution is 2.23. The standard InChI is InChI=1S/C52H93NO8/c1-3-5-7-9-11-13-15-17-19-21-22-23-24-26-28-30-32-34-36-38-40-42-48(56)53-45(44-60-52-51(59)50(58)49(57)47(43-54)61-52)46(55)41-39-37-35-33-31-29-27-25-20-18-16-14-12-10-8-6-4-2/h5,7,11,13,17,19,22-23,26,28,45-47,49-52,54-55,57-59H,3-4,6,8-10,12,14-16,18,20-21,24-25,27,29-44H2,1-2H3,(H,53,56)/b7-5-,13-11-,19-17-,23-22-,28-26-. The van der Waals surface area contributed by atoms with Crippen molar-refractivity contribution >= 4 is 5.91 Å². The van der Waals surface area contributed by atoms with Crippen molar-refractivity contribution < 1.29 is 39.8 Å². The Balaban J connectivity index is 2.31. The van der Waals surface area contributed by atoms with Crippen LogP contribution < -0.4 is 5.32 Å². The molecule has 1 saturated heterocycles. The second-order valence-corrected chi connectivity index (χ2v) is 17.2. The number of nitrogens with one attached hydrogen (secondary N) is 1. The predicted molar refractivity (Wildman–Crippen MR) is 253 cm³/mol. The van der Waals surface area contributed by atoms with Crippen molar-refractivity contribution in [2.24, 2.45) is 0 Å². The molecule has 0 aromatic heterocycles. The molecule has 0 bridgehead atoms. The maximum Gasteiger partial charge on any atom is 0.220 e. The average Bonchev–Trinajstić information content (AvgIpc) is 3.26. The number of unbranched alkanes of at least 4 members (excludes halogenated alkanes) is 21. The molecule has 61 heavy (non-hydrogen) atoms. The number of aliphatic hydroxyl groups is 5. The summed E-state index contributed by atoms with van der Waals surface area (Å²) in [5, 5.41) is 54.5. The molecule has 0 spiro atoms. The van der Waals surface area contributed by atoms with Crippen LogP contribution in [0, 0.1) is 0 Å². The minimum Gasteiger partial charge on any atom is -0.394 e. The molecule has 1 rings (SSSR count). The summed E-state index contributed by atoms with van der Waals surface area (Å²) >= 11 is 0. The van der Waals surface area contributed by atoms with Gasteiger partial charge in [0.05, 0.1) is 25.4 Å². The number of carbonyl (C=O) groups excluding carboxylic acids is 1. The Hall–Kier alpha value is -2.11. The first-order chi connectivity index (χ1) is 29.8. The predicted octanol–water partition coefficient (Wildman–Crippen LogP) is 11.2. The van der Waals surface area contributed by atoms with Crippen LogP contribution in [0.2, 0.25) is 0 Å². The number of amides is 1. The van der Waals surface area contributed by atoms with Gasteiger partial charge in [-0.15, -0.1) is 0 Å². The van der Waals surface area contributed by atoms with Gasteiger partial charge in [-0.2, -0.15) is 0 Å². The summed E-state index contributed by atoms with van der Waals surface area (Å²) in [5.74, 6) is -0.164. The second kappa shape index (κ2) is 41.9. The lowest BCUT2D eigenvalue weighted by Gasteiger charge is -2.40. The van der Waals surface area contributed by atoms with Gasteiger partial charge in [-0.05, 0) is 57.8 Å². The SMILES string of the molecule is CC/C=C\C/C=C\C/C=C\C/C=C\C/C=C\CCCCCCCC(=O)NC(COC1OC(CO)C(O)C(O)C1O)C(O)CCCCCCCCCCCCCCCCCCC. The smallest absolute Gasteiger partial charge is 0.220 e. The summed E-state index contributed by atoms with van der Waals surface area (Å²) < 4.78 is 11.3. The number of ether oxygens (including phenoxy) is 2. The van der Waals surface area contributed by atoms with E-state index >= 15 is 0 Å². The van der Waals surface area contributed by atoms with Gasteiger partial charge in [0.2, 0.25) is 5.91 Å². The highest BCUT2D eigenvalue weighted by atomic mass is 16.7. The van der Waals surface area contributed by atoms with Crippen LogP contribution >= 0.6 is 0 Å². The minimum atomic E-state index is -1.56. The molecular weight excluding hydrogens is 767 g/mol. The molecule has 0 saturated carbocycles. The third kappa shape index (κ3) is 32.2. The first-order valence-corrected chi connectivity index (χ1v) is 25.0. The van der Waals surface area contributed by atoms with Crippen molar-refractivity contribution in [3.8, 4) is 0 Å². The van der Waals surface area contributed by atoms with Crippen LogP contribution in [0.15, 0.2) is 60.8 Å². The first kappa shape index (κ1) is 56.9. The molecule has 1 aliphatic heterocycles. The monoisotopic (exact) mass is 860 g/mol. The zero-order valence-electron chi connectivity index (χ0n) is 38.9. The summed E-state index contributed by atoms with van der Waals surface area (Å²) in [7, 11) is 0. The maximum atomic E-state index is 13.0. The third-order valence-corrected chi connectivity index (χ3v) is 11.6. The van der Waals surface area contributed by atoms with E-state index in [2.05, 4.69) is 79.9 Å². The van der Waals surface area contributed by atoms with Crippen molar-refractivity contribution in [1.82, 2.24) is 5.32 Å². The lowest BCUT2D eigenvalue weighted by molar-refractivity contribution is -0.302. The topological polar surface area (TPSA) is 149 Å². The summed E-state index contributed by atoms with van der Waals surface area (Å²) in [5.41, 5.74) is 0. The minimum absolute atomic E-state index is 0.148. The van der Waals surface area contributed by atoms with E-state index in [1.54, 1.807) is 0 Å². The van der Waals surface area contributed by atoms with Gasteiger partial charge in [0.1, 0.15) is 24.4 Å². The Morgan fingerprint density at radius 3 is 1.51 bits per heavy atom. The van der Waals surface area contributed by atoms with E-state index in [4.69, 9.17) is 9.47 Å². The summed E-state index contributed by atoms with van der Waals surface area (Å²) in [6.45, 7) is 3.71. The van der Waals surface area contributed by atoms with Crippen LogP contribution in [0.25, 0.3) is 0 Å². The molecule has 6 N–H and O–H groups in total. The molecule has 9 heteroatoms. The molecule has 354 valence electrons. The van der Waals surface area contributed by atoms with Crippen LogP contribution in [0.3, 0.4) is 0 Å². The molecule has 0 radical (unpaired) electrons. The van der Waals surface area contributed by atoms with Crippen LogP contribution in [-0.4, -0.2) is 87.5 Å². The van der Waals surface area contributed by atoms with Gasteiger partial charge in [0.25, 0.3) is 0 Å². The summed E-state index contributed by atoms with van der Waals surface area (Å²) in [6.07, 6.45) is 47.9. The Labute approximate surface area is 373 Å². The molecule has 0 aliphatic carbocycles. The number of allylic oxidation sites excluding steroid dienone is 10. The van der Waals surface area contributed by atoms with Crippen molar-refractivity contribution in [2.75, 3.05) is 13.2 Å². The fourth-order valence-electron chi connectivity index (χ4n) is 7.66. The highest BCUT2D eigenvalue weighted by molar-refractivity contribution is 5.76. The van der Waals surface area contributed by atoms with Crippen molar-refractivity contribution in [3.63, 3.8) is 0 Å². The Kier molecular flexibility index (Phi) is 39.1. The normalized spacial score (nSPS) is 20.9. The zero-order chi connectivity index (χ0) is 44.4. The van der Waals surface area contributed by atoms with Gasteiger partial charge in [0, 0.05) is 6.42 Å². The first-order valence-electron chi connectivity index (χ1n) is 25.0. The highest BCUT2D eigenvalue weighted by Gasteiger charge is 2.44. The fourth-order valence-corrected chi connectivity index (χ4v) is 7.66. The van der Waals surface area contributed by atoms with Crippen molar-refractivity contribution in [2.45, 2.75) is 249 Å².